The number of aromatic hydroxyl groups is 1. The van der Waals surface area contributed by atoms with Crippen molar-refractivity contribution in [3.63, 3.8) is 0 Å². The maximum atomic E-state index is 11.5. The lowest BCUT2D eigenvalue weighted by Crippen LogP contribution is -2.19. The van der Waals surface area contributed by atoms with Crippen molar-refractivity contribution in [3.05, 3.63) is 34.2 Å². The maximum absolute atomic E-state index is 11.5. The number of rotatable bonds is 2. The molecular weight excluding hydrogens is 306 g/mol. The minimum atomic E-state index is -0.377. The van der Waals surface area contributed by atoms with Crippen molar-refractivity contribution in [2.75, 3.05) is 10.6 Å². The van der Waals surface area contributed by atoms with Crippen LogP contribution in [0.1, 0.15) is 0 Å². The van der Waals surface area contributed by atoms with E-state index in [2.05, 4.69) is 31.5 Å². The van der Waals surface area contributed by atoms with Crippen LogP contribution in [0.5, 0.6) is 5.75 Å². The second-order valence-electron chi connectivity index (χ2n) is 3.10. The average Bonchev–Trinajstić information content (AvgIpc) is 2.67. The minimum Gasteiger partial charge on any atom is -0.508 e. The number of aromatic nitrogens is 1. The third-order valence-corrected chi connectivity index (χ3v) is 3.21. The molecule has 0 atom stereocenters. The Hall–Kier alpha value is -1.60. The summed E-state index contributed by atoms with van der Waals surface area (Å²) >= 11 is 4.58. The molecule has 0 aliphatic heterocycles. The van der Waals surface area contributed by atoms with Crippen LogP contribution in [-0.4, -0.2) is 16.1 Å². The number of anilines is 2. The number of benzene rings is 1. The molecule has 7 heteroatoms. The third kappa shape index (κ3) is 3.43. The van der Waals surface area contributed by atoms with E-state index in [4.69, 9.17) is 5.11 Å². The lowest BCUT2D eigenvalue weighted by atomic mass is 10.3. The third-order valence-electron chi connectivity index (χ3n) is 1.82. The van der Waals surface area contributed by atoms with E-state index in [0.29, 0.717) is 10.8 Å². The van der Waals surface area contributed by atoms with Crippen LogP contribution in [0.3, 0.4) is 0 Å². The maximum Gasteiger partial charge on any atom is 0.325 e. The van der Waals surface area contributed by atoms with Crippen molar-refractivity contribution in [2.24, 2.45) is 0 Å². The minimum absolute atomic E-state index is 0.153. The standard InChI is InChI=1S/C10H8BrN3O2S/c11-8-5-12-10(17-8)14-9(16)13-6-1-3-7(15)4-2-6/h1-5,15H,(H2,12,13,14,16). The van der Waals surface area contributed by atoms with E-state index in [1.807, 2.05) is 0 Å². The van der Waals surface area contributed by atoms with Gasteiger partial charge in [-0.3, -0.25) is 5.32 Å². The highest BCUT2D eigenvalue weighted by atomic mass is 79.9. The number of thiazole rings is 1. The molecule has 0 aliphatic rings. The number of nitrogens with zero attached hydrogens (tertiary/aromatic N) is 1. The van der Waals surface area contributed by atoms with E-state index in [1.54, 1.807) is 18.3 Å². The normalized spacial score (nSPS) is 9.94. The molecule has 17 heavy (non-hydrogen) atoms. The van der Waals surface area contributed by atoms with E-state index in [-0.39, 0.29) is 11.8 Å². The number of urea groups is 1. The SMILES string of the molecule is O=C(Nc1ccc(O)cc1)Nc1ncc(Br)s1. The number of hydrogen-bond acceptors (Lipinski definition) is 4. The van der Waals surface area contributed by atoms with Gasteiger partial charge in [-0.05, 0) is 40.2 Å². The predicted molar refractivity (Wildman–Crippen MR) is 70.6 cm³/mol. The molecule has 0 bridgehead atoms. The van der Waals surface area contributed by atoms with Gasteiger partial charge in [0.25, 0.3) is 0 Å². The van der Waals surface area contributed by atoms with Gasteiger partial charge in [0.2, 0.25) is 0 Å². The van der Waals surface area contributed by atoms with E-state index < -0.39 is 0 Å². The Labute approximate surface area is 110 Å². The Bertz CT molecular complexity index is 527. The lowest BCUT2D eigenvalue weighted by Gasteiger charge is -2.04. The van der Waals surface area contributed by atoms with E-state index >= 15 is 0 Å². The molecule has 2 aromatic rings. The molecule has 1 aromatic heterocycles. The first-order valence-electron chi connectivity index (χ1n) is 4.62. The molecular formula is C10H8BrN3O2S. The molecule has 5 nitrogen and oxygen atoms in total. The highest BCUT2D eigenvalue weighted by molar-refractivity contribution is 9.11. The Balaban J connectivity index is 1.95. The van der Waals surface area contributed by atoms with Crippen LogP contribution in [-0.2, 0) is 0 Å². The zero-order chi connectivity index (χ0) is 12.3. The number of phenolic OH excluding ortho intramolecular Hbond substituents is 1. The quantitative estimate of drug-likeness (QED) is 0.745. The molecule has 0 unspecified atom stereocenters. The molecule has 0 fully saturated rings. The molecule has 1 aromatic carbocycles. The van der Waals surface area contributed by atoms with E-state index in [0.717, 1.165) is 3.79 Å². The fourth-order valence-corrected chi connectivity index (χ4v) is 2.22. The van der Waals surface area contributed by atoms with Gasteiger partial charge < -0.3 is 10.4 Å². The predicted octanol–water partition coefficient (Wildman–Crippen LogP) is 3.26. The van der Waals surface area contributed by atoms with Crippen LogP contribution in [0, 0.1) is 0 Å². The Morgan fingerprint density at radius 2 is 2.00 bits per heavy atom. The Morgan fingerprint density at radius 3 is 2.59 bits per heavy atom. The number of carbonyl (C=O) groups is 1. The fraction of sp³-hybridized carbons (Fsp3) is 0. The average molecular weight is 314 g/mol. The zero-order valence-corrected chi connectivity index (χ0v) is 10.9. The largest absolute Gasteiger partial charge is 0.508 e. The summed E-state index contributed by atoms with van der Waals surface area (Å²) in [5.41, 5.74) is 0.593. The van der Waals surface area contributed by atoms with Gasteiger partial charge in [-0.15, -0.1) is 0 Å². The first-order valence-corrected chi connectivity index (χ1v) is 6.23. The summed E-state index contributed by atoms with van der Waals surface area (Å²) in [5.74, 6) is 0.153. The summed E-state index contributed by atoms with van der Waals surface area (Å²) < 4.78 is 0.845. The highest BCUT2D eigenvalue weighted by Gasteiger charge is 2.05. The zero-order valence-electron chi connectivity index (χ0n) is 8.48. The lowest BCUT2D eigenvalue weighted by molar-refractivity contribution is 0.262. The number of halogens is 1. The van der Waals surface area contributed by atoms with Gasteiger partial charge in [0.05, 0.1) is 9.98 Å². The summed E-state index contributed by atoms with van der Waals surface area (Å²) in [6.07, 6.45) is 1.61. The van der Waals surface area contributed by atoms with Crippen molar-refractivity contribution >= 4 is 44.1 Å². The van der Waals surface area contributed by atoms with Gasteiger partial charge in [0.15, 0.2) is 5.13 Å². The van der Waals surface area contributed by atoms with Crippen LogP contribution in [0.25, 0.3) is 0 Å². The van der Waals surface area contributed by atoms with E-state index in [9.17, 15) is 4.79 Å². The summed E-state index contributed by atoms with van der Waals surface area (Å²) in [6.45, 7) is 0. The first-order chi connectivity index (χ1) is 8.13. The number of phenols is 1. The van der Waals surface area contributed by atoms with Crippen molar-refractivity contribution < 1.29 is 9.90 Å². The van der Waals surface area contributed by atoms with Gasteiger partial charge >= 0.3 is 6.03 Å². The monoisotopic (exact) mass is 313 g/mol. The van der Waals surface area contributed by atoms with Crippen molar-refractivity contribution in [2.45, 2.75) is 0 Å². The molecule has 2 amide bonds. The molecule has 88 valence electrons. The van der Waals surface area contributed by atoms with Crippen LogP contribution in [0.4, 0.5) is 15.6 Å². The first kappa shape index (κ1) is 11.9. The molecule has 0 saturated heterocycles. The fourth-order valence-electron chi connectivity index (χ4n) is 1.12. The van der Waals surface area contributed by atoms with Gasteiger partial charge in [0.1, 0.15) is 5.75 Å². The van der Waals surface area contributed by atoms with Crippen LogP contribution >= 0.6 is 27.3 Å². The number of amides is 2. The smallest absolute Gasteiger partial charge is 0.325 e. The van der Waals surface area contributed by atoms with Crippen LogP contribution < -0.4 is 10.6 Å². The van der Waals surface area contributed by atoms with Gasteiger partial charge in [0, 0.05) is 5.69 Å². The molecule has 0 spiro atoms. The molecule has 0 radical (unpaired) electrons. The van der Waals surface area contributed by atoms with Crippen LogP contribution in [0.2, 0.25) is 0 Å². The molecule has 3 N–H and O–H groups in total. The molecule has 2 rings (SSSR count). The number of nitrogens with one attached hydrogen (secondary N) is 2. The summed E-state index contributed by atoms with van der Waals surface area (Å²) in [5, 5.41) is 14.8. The van der Waals surface area contributed by atoms with E-state index in [1.165, 1.54) is 23.5 Å². The summed E-state index contributed by atoms with van der Waals surface area (Å²) in [7, 11) is 0. The molecule has 1 heterocycles. The van der Waals surface area contributed by atoms with Crippen molar-refractivity contribution in [1.29, 1.82) is 0 Å². The number of hydrogen-bond donors (Lipinski definition) is 3. The Morgan fingerprint density at radius 1 is 1.29 bits per heavy atom. The highest BCUT2D eigenvalue weighted by Crippen LogP contribution is 2.23. The van der Waals surface area contributed by atoms with Gasteiger partial charge in [-0.1, -0.05) is 11.3 Å². The molecule has 0 saturated carbocycles. The second kappa shape index (κ2) is 5.15. The van der Waals surface area contributed by atoms with Gasteiger partial charge in [-0.2, -0.15) is 0 Å². The van der Waals surface area contributed by atoms with Crippen LogP contribution in [0.15, 0.2) is 34.2 Å². The summed E-state index contributed by atoms with van der Waals surface area (Å²) in [6, 6.07) is 5.82. The number of carbonyl (C=O) groups excluding carboxylic acids is 1. The second-order valence-corrected chi connectivity index (χ2v) is 5.51. The van der Waals surface area contributed by atoms with Crippen molar-refractivity contribution in [1.82, 2.24) is 4.98 Å². The Kier molecular flexibility index (Phi) is 3.60. The van der Waals surface area contributed by atoms with Gasteiger partial charge in [-0.25, -0.2) is 9.78 Å². The topological polar surface area (TPSA) is 74.2 Å². The molecule has 0 aliphatic carbocycles. The van der Waals surface area contributed by atoms with Crippen molar-refractivity contribution in [3.8, 4) is 5.75 Å². The summed E-state index contributed by atoms with van der Waals surface area (Å²) in [4.78, 5) is 15.5.